The highest BCUT2D eigenvalue weighted by Crippen LogP contribution is 2.30. The zero-order valence-electron chi connectivity index (χ0n) is 12.0. The van der Waals surface area contributed by atoms with Gasteiger partial charge in [-0.3, -0.25) is 4.79 Å². The summed E-state index contributed by atoms with van der Waals surface area (Å²) in [6.07, 6.45) is 12.3. The highest BCUT2D eigenvalue weighted by atomic mass is 35.5. The Kier molecular flexibility index (Phi) is 6.49. The third kappa shape index (κ3) is 4.66. The Morgan fingerprint density at radius 3 is 2.11 bits per heavy atom. The van der Waals surface area contributed by atoms with Gasteiger partial charge >= 0.3 is 0 Å². The molecule has 2 aliphatic rings. The fraction of sp³-hybridized carbons (Fsp3) is 0.938. The molecule has 0 aromatic heterocycles. The number of halogens is 1. The largest absolute Gasteiger partial charge is 0.356 e. The van der Waals surface area contributed by atoms with E-state index >= 15 is 0 Å². The highest BCUT2D eigenvalue weighted by molar-refractivity contribution is 6.18. The lowest BCUT2D eigenvalue weighted by Gasteiger charge is -2.30. The van der Waals surface area contributed by atoms with Crippen LogP contribution in [-0.2, 0) is 4.79 Å². The number of hydrogen-bond donors (Lipinski definition) is 1. The van der Waals surface area contributed by atoms with Crippen molar-refractivity contribution in [3.63, 3.8) is 0 Å². The van der Waals surface area contributed by atoms with Crippen LogP contribution in [0.25, 0.3) is 0 Å². The summed E-state index contributed by atoms with van der Waals surface area (Å²) in [6.45, 7) is 0.854. The second-order valence-electron chi connectivity index (χ2n) is 6.39. The molecule has 0 radical (unpaired) electrons. The van der Waals surface area contributed by atoms with Crippen LogP contribution in [0.15, 0.2) is 0 Å². The highest BCUT2D eigenvalue weighted by Gasteiger charge is 2.26. The average Bonchev–Trinajstić information content (AvgIpc) is 2.74. The Hall–Kier alpha value is -0.240. The second kappa shape index (κ2) is 8.14. The van der Waals surface area contributed by atoms with Crippen LogP contribution >= 0.6 is 11.6 Å². The maximum absolute atomic E-state index is 12.2. The Morgan fingerprint density at radius 2 is 1.47 bits per heavy atom. The second-order valence-corrected chi connectivity index (χ2v) is 6.70. The van der Waals surface area contributed by atoms with Gasteiger partial charge in [0.05, 0.1) is 0 Å². The molecule has 0 aromatic rings. The molecule has 2 saturated carbocycles. The molecule has 0 aliphatic heterocycles. The van der Waals surface area contributed by atoms with Gasteiger partial charge in [-0.1, -0.05) is 38.5 Å². The van der Waals surface area contributed by atoms with Crippen molar-refractivity contribution >= 4 is 17.5 Å². The van der Waals surface area contributed by atoms with E-state index in [-0.39, 0.29) is 5.92 Å². The maximum atomic E-state index is 12.2. The number of carbonyl (C=O) groups is 1. The molecule has 0 aromatic carbocycles. The molecule has 110 valence electrons. The number of nitrogens with one attached hydrogen (secondary N) is 1. The van der Waals surface area contributed by atoms with Gasteiger partial charge in [-0.25, -0.2) is 0 Å². The van der Waals surface area contributed by atoms with Gasteiger partial charge in [-0.2, -0.15) is 0 Å². The van der Waals surface area contributed by atoms with E-state index < -0.39 is 0 Å². The fourth-order valence-corrected chi connectivity index (χ4v) is 4.08. The van der Waals surface area contributed by atoms with E-state index in [9.17, 15) is 4.79 Å². The van der Waals surface area contributed by atoms with Crippen molar-refractivity contribution < 1.29 is 4.79 Å². The molecular formula is C16H28ClNO. The lowest BCUT2D eigenvalue weighted by Crippen LogP contribution is -2.37. The van der Waals surface area contributed by atoms with Gasteiger partial charge < -0.3 is 5.32 Å². The molecule has 2 aliphatic carbocycles. The van der Waals surface area contributed by atoms with E-state index in [1.165, 1.54) is 51.4 Å². The Morgan fingerprint density at radius 1 is 0.895 bits per heavy atom. The van der Waals surface area contributed by atoms with Crippen LogP contribution in [0, 0.1) is 17.8 Å². The first-order valence-corrected chi connectivity index (χ1v) is 8.68. The van der Waals surface area contributed by atoms with Gasteiger partial charge in [-0.05, 0) is 37.5 Å². The molecule has 0 heterocycles. The molecule has 1 N–H and O–H groups in total. The predicted molar refractivity (Wildman–Crippen MR) is 80.4 cm³/mol. The minimum absolute atomic E-state index is 0.278. The zero-order valence-corrected chi connectivity index (χ0v) is 12.8. The van der Waals surface area contributed by atoms with E-state index in [0.29, 0.717) is 17.7 Å². The molecule has 1 amide bonds. The van der Waals surface area contributed by atoms with Crippen molar-refractivity contribution in [2.75, 3.05) is 12.4 Å². The molecule has 2 unspecified atom stereocenters. The van der Waals surface area contributed by atoms with Crippen LogP contribution in [0.2, 0.25) is 0 Å². The fourth-order valence-electron chi connectivity index (χ4n) is 3.67. The topological polar surface area (TPSA) is 29.1 Å². The van der Waals surface area contributed by atoms with Crippen molar-refractivity contribution in [2.24, 2.45) is 17.8 Å². The standard InChI is InChI=1S/C16H28ClNO/c17-11-14-9-5-6-10-15(14)12-18-16(19)13-7-3-1-2-4-8-13/h13-15H,1-12H2,(H,18,19). The number of amides is 1. The number of hydrogen-bond acceptors (Lipinski definition) is 1. The number of alkyl halides is 1. The van der Waals surface area contributed by atoms with E-state index in [4.69, 9.17) is 11.6 Å². The summed E-state index contributed by atoms with van der Waals surface area (Å²) in [4.78, 5) is 12.2. The molecule has 0 saturated heterocycles. The first kappa shape index (κ1) is 15.2. The van der Waals surface area contributed by atoms with E-state index in [1.807, 2.05) is 0 Å². The zero-order chi connectivity index (χ0) is 13.5. The molecule has 3 heteroatoms. The monoisotopic (exact) mass is 285 g/mol. The summed E-state index contributed by atoms with van der Waals surface area (Å²) in [7, 11) is 0. The van der Waals surface area contributed by atoms with Crippen molar-refractivity contribution in [1.29, 1.82) is 0 Å². The van der Waals surface area contributed by atoms with Gasteiger partial charge in [0.1, 0.15) is 0 Å². The van der Waals surface area contributed by atoms with Crippen LogP contribution in [0.5, 0.6) is 0 Å². The molecule has 0 bridgehead atoms. The maximum Gasteiger partial charge on any atom is 0.223 e. The van der Waals surface area contributed by atoms with Crippen molar-refractivity contribution in [1.82, 2.24) is 5.32 Å². The van der Waals surface area contributed by atoms with Gasteiger partial charge in [0.15, 0.2) is 0 Å². The summed E-state index contributed by atoms with van der Waals surface area (Å²) in [5, 5.41) is 3.22. The molecule has 19 heavy (non-hydrogen) atoms. The molecule has 2 rings (SSSR count). The Bertz CT molecular complexity index is 274. The lowest BCUT2D eigenvalue weighted by molar-refractivity contribution is -0.125. The van der Waals surface area contributed by atoms with Crippen LogP contribution in [-0.4, -0.2) is 18.3 Å². The van der Waals surface area contributed by atoms with Crippen molar-refractivity contribution in [2.45, 2.75) is 64.2 Å². The molecular weight excluding hydrogens is 258 g/mol. The van der Waals surface area contributed by atoms with E-state index in [1.54, 1.807) is 0 Å². The number of carbonyl (C=O) groups excluding carboxylic acids is 1. The summed E-state index contributed by atoms with van der Waals surface area (Å²) in [5.41, 5.74) is 0. The van der Waals surface area contributed by atoms with Crippen molar-refractivity contribution in [3.8, 4) is 0 Å². The smallest absolute Gasteiger partial charge is 0.223 e. The summed E-state index contributed by atoms with van der Waals surface area (Å²) < 4.78 is 0. The summed E-state index contributed by atoms with van der Waals surface area (Å²) >= 11 is 6.05. The van der Waals surface area contributed by atoms with E-state index in [2.05, 4.69) is 5.32 Å². The van der Waals surface area contributed by atoms with Crippen LogP contribution in [0.4, 0.5) is 0 Å². The first-order valence-electron chi connectivity index (χ1n) is 8.15. The number of rotatable bonds is 4. The minimum Gasteiger partial charge on any atom is -0.356 e. The molecule has 2 nitrogen and oxygen atoms in total. The predicted octanol–water partition coefficient (Wildman–Crippen LogP) is 4.12. The summed E-state index contributed by atoms with van der Waals surface area (Å²) in [6, 6.07) is 0. The average molecular weight is 286 g/mol. The van der Waals surface area contributed by atoms with E-state index in [0.717, 1.165) is 25.3 Å². The summed E-state index contributed by atoms with van der Waals surface area (Å²) in [5.74, 6) is 2.57. The Labute approximate surface area is 122 Å². The van der Waals surface area contributed by atoms with Crippen LogP contribution in [0.3, 0.4) is 0 Å². The van der Waals surface area contributed by atoms with Crippen LogP contribution < -0.4 is 5.32 Å². The third-order valence-electron chi connectivity index (χ3n) is 5.03. The van der Waals surface area contributed by atoms with Crippen LogP contribution in [0.1, 0.15) is 64.2 Å². The van der Waals surface area contributed by atoms with Gasteiger partial charge in [0.2, 0.25) is 5.91 Å². The molecule has 2 atom stereocenters. The Balaban J connectivity index is 1.75. The molecule has 0 spiro atoms. The quantitative estimate of drug-likeness (QED) is 0.611. The third-order valence-corrected chi connectivity index (χ3v) is 5.43. The normalized spacial score (nSPS) is 29.7. The van der Waals surface area contributed by atoms with Gasteiger partial charge in [0, 0.05) is 18.3 Å². The SMILES string of the molecule is O=C(NCC1CCCCC1CCl)C1CCCCCC1. The van der Waals surface area contributed by atoms with Gasteiger partial charge in [-0.15, -0.1) is 11.6 Å². The lowest BCUT2D eigenvalue weighted by atomic mass is 9.80. The van der Waals surface area contributed by atoms with Crippen molar-refractivity contribution in [3.05, 3.63) is 0 Å². The first-order chi connectivity index (χ1) is 9.31. The van der Waals surface area contributed by atoms with Gasteiger partial charge in [0.25, 0.3) is 0 Å². The molecule has 2 fully saturated rings. The minimum atomic E-state index is 0.278.